The monoisotopic (exact) mass is 583 g/mol. The number of rotatable bonds is 7. The molecule has 2 saturated carbocycles. The van der Waals surface area contributed by atoms with Gasteiger partial charge in [-0.25, -0.2) is 9.78 Å². The average molecular weight is 584 g/mol. The van der Waals surface area contributed by atoms with Crippen LogP contribution in [0, 0.1) is 5.92 Å². The number of hydrogen-bond acceptors (Lipinski definition) is 6. The molecule has 0 bridgehead atoms. The molecule has 0 aliphatic heterocycles. The van der Waals surface area contributed by atoms with Crippen LogP contribution in [0.2, 0.25) is 0 Å². The van der Waals surface area contributed by atoms with E-state index in [0.717, 1.165) is 82.9 Å². The molecule has 0 radical (unpaired) electrons. The third-order valence-electron chi connectivity index (χ3n) is 8.41. The lowest BCUT2D eigenvalue weighted by molar-refractivity contribution is -0.119. The van der Waals surface area contributed by atoms with Crippen molar-refractivity contribution in [2.24, 2.45) is 25.7 Å². The van der Waals surface area contributed by atoms with Gasteiger partial charge in [-0.3, -0.25) is 18.6 Å². The molecular weight excluding hydrogens is 546 g/mol. The third-order valence-corrected chi connectivity index (χ3v) is 8.41. The third kappa shape index (κ3) is 5.25. The molecule has 0 atom stereocenters. The number of nitrogens with zero attached hydrogens (tertiary/aromatic N) is 5. The van der Waals surface area contributed by atoms with Crippen LogP contribution in [-0.4, -0.2) is 53.6 Å². The van der Waals surface area contributed by atoms with Crippen molar-refractivity contribution >= 4 is 34.1 Å². The number of aliphatic hydroxyl groups excluding tert-OH is 1. The van der Waals surface area contributed by atoms with Gasteiger partial charge >= 0.3 is 5.69 Å². The molecule has 0 unspecified atom stereocenters. The molecule has 0 spiro atoms. The van der Waals surface area contributed by atoms with Gasteiger partial charge in [0, 0.05) is 37.8 Å². The van der Waals surface area contributed by atoms with Gasteiger partial charge in [-0.05, 0) is 36.8 Å². The molecule has 2 aliphatic carbocycles. The number of ether oxygens (including phenoxy) is 1. The number of carbonyl (C=O) groups is 1. The number of aromatic amines is 1. The standard InChI is InChI=1S/C28H30N6O3.C4H7NO/c1-32-16-20(27(31-32)37-3)24-22(18-12-10-17(11-13-18)7-6-14-35)23-25-21(15-29-26(23)30-24)33(2)28(36)34(25)19-8-4-5-9-19;5-4(6)3-1-2-3/h6-7,10-13,15-16,19,35H,4-5,8-9,14H2,1-3H3,(H,29,30);3H,1-2H2,(H2,5,6)/b7-6-;. The number of nitrogens with two attached hydrogens (primary N) is 1. The minimum atomic E-state index is -0.130. The number of aromatic nitrogens is 6. The number of fused-ring (bicyclic) bond motifs is 3. The van der Waals surface area contributed by atoms with Gasteiger partial charge in [0.1, 0.15) is 5.65 Å². The zero-order chi connectivity index (χ0) is 30.2. The first-order valence-corrected chi connectivity index (χ1v) is 14.7. The zero-order valence-electron chi connectivity index (χ0n) is 24.7. The van der Waals surface area contributed by atoms with Crippen LogP contribution in [0.15, 0.2) is 47.5 Å². The number of carbonyl (C=O) groups excluding carboxylic acids is 1. The molecule has 11 heteroatoms. The maximum Gasteiger partial charge on any atom is 0.329 e. The van der Waals surface area contributed by atoms with Crippen molar-refractivity contribution in [3.8, 4) is 28.3 Å². The molecular formula is C32H37N7O4. The van der Waals surface area contributed by atoms with Crippen LogP contribution in [0.4, 0.5) is 0 Å². The van der Waals surface area contributed by atoms with Crippen LogP contribution < -0.4 is 16.2 Å². The van der Waals surface area contributed by atoms with E-state index >= 15 is 0 Å². The average Bonchev–Trinajstić information content (AvgIpc) is 3.30. The van der Waals surface area contributed by atoms with Gasteiger partial charge in [0.2, 0.25) is 11.8 Å². The summed E-state index contributed by atoms with van der Waals surface area (Å²) in [6.07, 6.45) is 13.6. The van der Waals surface area contributed by atoms with Crippen molar-refractivity contribution in [1.82, 2.24) is 28.9 Å². The maximum atomic E-state index is 13.5. The lowest BCUT2D eigenvalue weighted by Crippen LogP contribution is -2.24. The predicted octanol–water partition coefficient (Wildman–Crippen LogP) is 4.29. The van der Waals surface area contributed by atoms with Gasteiger partial charge in [0.15, 0.2) is 0 Å². The van der Waals surface area contributed by atoms with E-state index in [9.17, 15) is 9.59 Å². The largest absolute Gasteiger partial charge is 0.479 e. The number of methoxy groups -OCH3 is 1. The summed E-state index contributed by atoms with van der Waals surface area (Å²) >= 11 is 0. The van der Waals surface area contributed by atoms with E-state index in [2.05, 4.69) is 22.2 Å². The fourth-order valence-corrected chi connectivity index (χ4v) is 6.08. The number of hydrogen-bond donors (Lipinski definition) is 3. The number of benzene rings is 1. The molecule has 5 aromatic rings. The second kappa shape index (κ2) is 11.6. The van der Waals surface area contributed by atoms with Crippen LogP contribution in [0.25, 0.3) is 50.5 Å². The van der Waals surface area contributed by atoms with Crippen molar-refractivity contribution in [1.29, 1.82) is 0 Å². The second-order valence-electron chi connectivity index (χ2n) is 11.3. The van der Waals surface area contributed by atoms with Crippen LogP contribution >= 0.6 is 0 Å². The fourth-order valence-electron chi connectivity index (χ4n) is 6.08. The van der Waals surface area contributed by atoms with Crippen LogP contribution in [0.3, 0.4) is 0 Å². The minimum absolute atomic E-state index is 0.00616. The highest BCUT2D eigenvalue weighted by Gasteiger charge is 2.29. The van der Waals surface area contributed by atoms with Gasteiger partial charge in [-0.15, -0.1) is 5.10 Å². The van der Waals surface area contributed by atoms with Gasteiger partial charge in [-0.1, -0.05) is 49.3 Å². The lowest BCUT2D eigenvalue weighted by Gasteiger charge is -2.13. The Morgan fingerprint density at radius 2 is 1.88 bits per heavy atom. The summed E-state index contributed by atoms with van der Waals surface area (Å²) in [5, 5.41) is 14.6. The molecule has 2 aliphatic rings. The maximum absolute atomic E-state index is 13.5. The smallest absolute Gasteiger partial charge is 0.329 e. The summed E-state index contributed by atoms with van der Waals surface area (Å²) in [5.74, 6) is 0.621. The Kier molecular flexibility index (Phi) is 7.66. The Morgan fingerprint density at radius 3 is 2.49 bits per heavy atom. The van der Waals surface area contributed by atoms with Crippen LogP contribution in [-0.2, 0) is 18.9 Å². The first-order chi connectivity index (χ1) is 20.8. The summed E-state index contributed by atoms with van der Waals surface area (Å²) in [6.45, 7) is -0.00843. The zero-order valence-corrected chi connectivity index (χ0v) is 24.7. The van der Waals surface area contributed by atoms with E-state index in [-0.39, 0.29) is 30.2 Å². The van der Waals surface area contributed by atoms with Crippen molar-refractivity contribution in [2.75, 3.05) is 13.7 Å². The first kappa shape index (κ1) is 28.5. The van der Waals surface area contributed by atoms with E-state index in [4.69, 9.17) is 20.6 Å². The highest BCUT2D eigenvalue weighted by atomic mass is 16.5. The molecule has 7 rings (SSSR count). The van der Waals surface area contributed by atoms with Crippen LogP contribution in [0.5, 0.6) is 5.88 Å². The van der Waals surface area contributed by atoms with Gasteiger partial charge in [0.05, 0.1) is 47.6 Å². The van der Waals surface area contributed by atoms with E-state index in [1.165, 1.54) is 0 Å². The summed E-state index contributed by atoms with van der Waals surface area (Å²) in [4.78, 5) is 31.8. The minimum Gasteiger partial charge on any atom is -0.479 e. The van der Waals surface area contributed by atoms with Gasteiger partial charge in [0.25, 0.3) is 0 Å². The summed E-state index contributed by atoms with van der Waals surface area (Å²) in [6, 6.07) is 8.34. The number of aliphatic hydroxyl groups is 1. The quantitative estimate of drug-likeness (QED) is 0.261. The number of pyridine rings is 1. The second-order valence-corrected chi connectivity index (χ2v) is 11.3. The topological polar surface area (TPSA) is 146 Å². The lowest BCUT2D eigenvalue weighted by atomic mass is 9.98. The van der Waals surface area contributed by atoms with E-state index in [1.807, 2.05) is 43.1 Å². The number of imidazole rings is 1. The Hall–Kier alpha value is -4.64. The molecule has 224 valence electrons. The SMILES string of the molecule is COc1nn(C)cc1-c1[nH]c2ncc3c(c2c1-c1ccc(/C=C\CO)cc1)n(C1CCCC1)c(=O)n3C.NC(=O)C1CC1. The van der Waals surface area contributed by atoms with Crippen molar-refractivity contribution in [3.05, 3.63) is 58.8 Å². The van der Waals surface area contributed by atoms with E-state index in [0.29, 0.717) is 11.5 Å². The summed E-state index contributed by atoms with van der Waals surface area (Å²) in [7, 11) is 5.30. The Bertz CT molecular complexity index is 1880. The number of nitrogens with one attached hydrogen (secondary N) is 1. The van der Waals surface area contributed by atoms with E-state index < -0.39 is 0 Å². The van der Waals surface area contributed by atoms with Crippen molar-refractivity contribution in [3.63, 3.8) is 0 Å². The number of H-pyrrole nitrogens is 1. The fraction of sp³-hybridized carbons (Fsp3) is 0.375. The predicted molar refractivity (Wildman–Crippen MR) is 167 cm³/mol. The first-order valence-electron chi connectivity index (χ1n) is 14.7. The highest BCUT2D eigenvalue weighted by molar-refractivity contribution is 6.14. The summed E-state index contributed by atoms with van der Waals surface area (Å²) in [5.41, 5.74) is 11.9. The van der Waals surface area contributed by atoms with E-state index in [1.54, 1.807) is 28.6 Å². The number of primary amides is 1. The molecule has 4 N–H and O–H groups in total. The summed E-state index contributed by atoms with van der Waals surface area (Å²) < 4.78 is 11.1. The molecule has 4 heterocycles. The highest BCUT2D eigenvalue weighted by Crippen LogP contribution is 2.44. The van der Waals surface area contributed by atoms with Crippen LogP contribution in [0.1, 0.15) is 50.1 Å². The molecule has 0 saturated heterocycles. The molecule has 11 nitrogen and oxygen atoms in total. The Balaban J connectivity index is 0.000000491. The van der Waals surface area contributed by atoms with Crippen molar-refractivity contribution in [2.45, 2.75) is 44.6 Å². The molecule has 2 fully saturated rings. The number of amides is 1. The Labute approximate surface area is 248 Å². The normalized spacial score (nSPS) is 15.4. The Morgan fingerprint density at radius 1 is 1.16 bits per heavy atom. The molecule has 1 aromatic carbocycles. The van der Waals surface area contributed by atoms with Gasteiger partial charge in [-0.2, -0.15) is 0 Å². The molecule has 4 aromatic heterocycles. The van der Waals surface area contributed by atoms with Gasteiger partial charge < -0.3 is 20.6 Å². The van der Waals surface area contributed by atoms with Crippen molar-refractivity contribution < 1.29 is 14.6 Å². The number of aryl methyl sites for hydroxylation is 2. The molecule has 43 heavy (non-hydrogen) atoms. The molecule has 1 amide bonds.